The number of imide groups is 1. The number of amides is 2. The molecule has 2 amide bonds. The molecule has 0 saturated carbocycles. The molecular weight excluding hydrogens is 222 g/mol. The molecule has 1 aliphatic rings. The molecule has 0 fully saturated rings. The third kappa shape index (κ3) is 2.23. The predicted octanol–water partition coefficient (Wildman–Crippen LogP) is 0.743. The zero-order valence-electron chi connectivity index (χ0n) is 8.79. The molecule has 0 atom stereocenters. The minimum absolute atomic E-state index is 0.0829. The first-order chi connectivity index (χ1) is 8.08. The Kier molecular flexibility index (Phi) is 2.74. The number of benzene rings is 1. The maximum atomic E-state index is 11.4. The number of hydrogen-bond acceptors (Lipinski definition) is 3. The van der Waals surface area contributed by atoms with E-state index in [9.17, 15) is 14.4 Å². The fraction of sp³-hybridized carbons (Fsp3) is 0.0833. The molecule has 1 heterocycles. The van der Waals surface area contributed by atoms with Gasteiger partial charge >= 0.3 is 5.97 Å². The predicted molar refractivity (Wildman–Crippen MR) is 59.4 cm³/mol. The van der Waals surface area contributed by atoms with E-state index in [2.05, 4.69) is 0 Å². The number of aliphatic carboxylic acids is 1. The van der Waals surface area contributed by atoms with Crippen molar-refractivity contribution in [2.45, 2.75) is 6.42 Å². The summed E-state index contributed by atoms with van der Waals surface area (Å²) in [6.07, 6.45) is 2.32. The van der Waals surface area contributed by atoms with Gasteiger partial charge in [0.05, 0.1) is 12.1 Å². The van der Waals surface area contributed by atoms with Gasteiger partial charge in [-0.3, -0.25) is 14.4 Å². The van der Waals surface area contributed by atoms with E-state index in [1.165, 1.54) is 12.2 Å². The highest BCUT2D eigenvalue weighted by Crippen LogP contribution is 2.19. The third-order valence-electron chi connectivity index (χ3n) is 2.36. The summed E-state index contributed by atoms with van der Waals surface area (Å²) in [4.78, 5) is 34.3. The van der Waals surface area contributed by atoms with E-state index in [0.29, 0.717) is 11.3 Å². The maximum absolute atomic E-state index is 11.4. The SMILES string of the molecule is O=C(O)Cc1ccc(N2C(=O)C=CC2=O)cc1. The first-order valence-electron chi connectivity index (χ1n) is 4.95. The van der Waals surface area contributed by atoms with Crippen LogP contribution in [0.15, 0.2) is 36.4 Å². The van der Waals surface area contributed by atoms with Crippen molar-refractivity contribution < 1.29 is 19.5 Å². The van der Waals surface area contributed by atoms with Gasteiger partial charge in [0, 0.05) is 12.2 Å². The molecule has 0 unspecified atom stereocenters. The number of rotatable bonds is 3. The second-order valence-electron chi connectivity index (χ2n) is 3.58. The van der Waals surface area contributed by atoms with E-state index in [1.54, 1.807) is 24.3 Å². The van der Waals surface area contributed by atoms with Gasteiger partial charge in [-0.25, -0.2) is 4.90 Å². The van der Waals surface area contributed by atoms with Gasteiger partial charge in [-0.2, -0.15) is 0 Å². The highest BCUT2D eigenvalue weighted by Gasteiger charge is 2.24. The molecule has 2 rings (SSSR count). The molecule has 1 aliphatic heterocycles. The van der Waals surface area contributed by atoms with Crippen molar-refractivity contribution in [1.29, 1.82) is 0 Å². The summed E-state index contributed by atoms with van der Waals surface area (Å²) in [5.41, 5.74) is 1.06. The van der Waals surface area contributed by atoms with Crippen molar-refractivity contribution in [2.75, 3.05) is 4.90 Å². The van der Waals surface area contributed by atoms with Crippen LogP contribution < -0.4 is 4.90 Å². The molecule has 0 spiro atoms. The van der Waals surface area contributed by atoms with Crippen LogP contribution in [0.3, 0.4) is 0 Å². The second kappa shape index (κ2) is 4.21. The minimum Gasteiger partial charge on any atom is -0.481 e. The average Bonchev–Trinajstić information content (AvgIpc) is 2.59. The van der Waals surface area contributed by atoms with Crippen molar-refractivity contribution in [3.63, 3.8) is 0 Å². The monoisotopic (exact) mass is 231 g/mol. The molecule has 0 radical (unpaired) electrons. The molecular formula is C12H9NO4. The van der Waals surface area contributed by atoms with Crippen LogP contribution in [0.2, 0.25) is 0 Å². The topological polar surface area (TPSA) is 74.7 Å². The van der Waals surface area contributed by atoms with Gasteiger partial charge in [0.15, 0.2) is 0 Å². The Hall–Kier alpha value is -2.43. The molecule has 17 heavy (non-hydrogen) atoms. The highest BCUT2D eigenvalue weighted by atomic mass is 16.4. The smallest absolute Gasteiger partial charge is 0.307 e. The standard InChI is InChI=1S/C12H9NO4/c14-10-5-6-11(15)13(10)9-3-1-8(2-4-9)7-12(16)17/h1-6H,7H2,(H,16,17). The Morgan fingerprint density at radius 3 is 2.06 bits per heavy atom. The van der Waals surface area contributed by atoms with Crippen LogP contribution >= 0.6 is 0 Å². The zero-order valence-corrected chi connectivity index (χ0v) is 8.79. The average molecular weight is 231 g/mol. The van der Waals surface area contributed by atoms with Gasteiger partial charge < -0.3 is 5.11 Å². The summed E-state index contributed by atoms with van der Waals surface area (Å²) in [5.74, 6) is -1.70. The number of nitrogens with zero attached hydrogens (tertiary/aromatic N) is 1. The normalized spacial score (nSPS) is 14.5. The van der Waals surface area contributed by atoms with Crippen LogP contribution in [0, 0.1) is 0 Å². The lowest BCUT2D eigenvalue weighted by Crippen LogP contribution is -2.29. The van der Waals surface area contributed by atoms with Crippen LogP contribution in [0.4, 0.5) is 5.69 Å². The Morgan fingerprint density at radius 2 is 1.59 bits per heavy atom. The fourth-order valence-corrected chi connectivity index (χ4v) is 1.59. The van der Waals surface area contributed by atoms with E-state index in [1.807, 2.05) is 0 Å². The molecule has 86 valence electrons. The number of anilines is 1. The van der Waals surface area contributed by atoms with E-state index in [0.717, 1.165) is 4.90 Å². The molecule has 1 N–H and O–H groups in total. The Bertz CT molecular complexity index is 498. The molecule has 1 aromatic carbocycles. The van der Waals surface area contributed by atoms with Crippen LogP contribution in [-0.2, 0) is 20.8 Å². The summed E-state index contributed by atoms with van der Waals surface area (Å²) in [5, 5.41) is 8.60. The summed E-state index contributed by atoms with van der Waals surface area (Å²) in [6.45, 7) is 0. The van der Waals surface area contributed by atoms with Crippen LogP contribution in [0.5, 0.6) is 0 Å². The zero-order chi connectivity index (χ0) is 12.4. The van der Waals surface area contributed by atoms with E-state index < -0.39 is 5.97 Å². The van der Waals surface area contributed by atoms with Gasteiger partial charge in [-0.15, -0.1) is 0 Å². The molecule has 1 aromatic rings. The molecule has 0 aromatic heterocycles. The maximum Gasteiger partial charge on any atom is 0.307 e. The highest BCUT2D eigenvalue weighted by molar-refractivity contribution is 6.28. The first-order valence-corrected chi connectivity index (χ1v) is 4.95. The fourth-order valence-electron chi connectivity index (χ4n) is 1.59. The number of carbonyl (C=O) groups excluding carboxylic acids is 2. The van der Waals surface area contributed by atoms with E-state index in [-0.39, 0.29) is 18.2 Å². The first kappa shape index (κ1) is 11.1. The van der Waals surface area contributed by atoms with Crippen molar-refractivity contribution in [1.82, 2.24) is 0 Å². The Morgan fingerprint density at radius 1 is 1.06 bits per heavy atom. The number of carboxylic acids is 1. The lowest BCUT2D eigenvalue weighted by molar-refractivity contribution is -0.136. The molecule has 0 aliphatic carbocycles. The van der Waals surface area contributed by atoms with Gasteiger partial charge in [0.2, 0.25) is 0 Å². The number of carbonyl (C=O) groups is 3. The van der Waals surface area contributed by atoms with Crippen molar-refractivity contribution >= 4 is 23.5 Å². The second-order valence-corrected chi connectivity index (χ2v) is 3.58. The summed E-state index contributed by atoms with van der Waals surface area (Å²) in [7, 11) is 0. The summed E-state index contributed by atoms with van der Waals surface area (Å²) >= 11 is 0. The Balaban J connectivity index is 2.21. The third-order valence-corrected chi connectivity index (χ3v) is 2.36. The lowest BCUT2D eigenvalue weighted by Gasteiger charge is -2.13. The van der Waals surface area contributed by atoms with Gasteiger partial charge in [-0.05, 0) is 17.7 Å². The molecule has 0 saturated heterocycles. The van der Waals surface area contributed by atoms with Gasteiger partial charge in [0.25, 0.3) is 11.8 Å². The van der Waals surface area contributed by atoms with Gasteiger partial charge in [0.1, 0.15) is 0 Å². The van der Waals surface area contributed by atoms with Crippen molar-refractivity contribution in [3.8, 4) is 0 Å². The van der Waals surface area contributed by atoms with Crippen molar-refractivity contribution in [3.05, 3.63) is 42.0 Å². The largest absolute Gasteiger partial charge is 0.481 e. The minimum atomic E-state index is -0.923. The molecule has 0 bridgehead atoms. The van der Waals surface area contributed by atoms with Crippen LogP contribution in [0.25, 0.3) is 0 Å². The lowest BCUT2D eigenvalue weighted by atomic mass is 10.1. The van der Waals surface area contributed by atoms with Crippen LogP contribution in [-0.4, -0.2) is 22.9 Å². The summed E-state index contributed by atoms with van der Waals surface area (Å²) in [6, 6.07) is 6.28. The van der Waals surface area contributed by atoms with Crippen molar-refractivity contribution in [2.24, 2.45) is 0 Å². The molecule has 5 heteroatoms. The molecule has 5 nitrogen and oxygen atoms in total. The quantitative estimate of drug-likeness (QED) is 0.778. The Labute approximate surface area is 97.0 Å². The van der Waals surface area contributed by atoms with Gasteiger partial charge in [-0.1, -0.05) is 12.1 Å². The van der Waals surface area contributed by atoms with E-state index in [4.69, 9.17) is 5.11 Å². The number of carboxylic acid groups (broad SMARTS) is 1. The summed E-state index contributed by atoms with van der Waals surface area (Å²) < 4.78 is 0. The van der Waals surface area contributed by atoms with Crippen LogP contribution in [0.1, 0.15) is 5.56 Å². The van der Waals surface area contributed by atoms with E-state index >= 15 is 0 Å². The number of hydrogen-bond donors (Lipinski definition) is 1.